The molecule has 0 aliphatic heterocycles. The lowest BCUT2D eigenvalue weighted by molar-refractivity contribution is -0.163. The summed E-state index contributed by atoms with van der Waals surface area (Å²) >= 11 is 0. The summed E-state index contributed by atoms with van der Waals surface area (Å²) in [7, 11) is 0. The van der Waals surface area contributed by atoms with Crippen LogP contribution in [0.1, 0.15) is 0 Å². The molecule has 0 aromatic carbocycles. The van der Waals surface area contributed by atoms with Crippen LogP contribution in [0.15, 0.2) is 0 Å². The number of aliphatic hydroxyl groups excluding tert-OH is 4. The number of hydrogen-bond donors (Lipinski definition) is 5. The van der Waals surface area contributed by atoms with Crippen molar-refractivity contribution in [3.05, 3.63) is 0 Å². The Bertz CT molecular complexity index is 191. The van der Waals surface area contributed by atoms with Crippen molar-refractivity contribution in [3.8, 4) is 0 Å². The molecule has 76 valence electrons. The van der Waals surface area contributed by atoms with Gasteiger partial charge in [-0.2, -0.15) is 0 Å². The van der Waals surface area contributed by atoms with Gasteiger partial charge in [-0.1, -0.05) is 0 Å². The third kappa shape index (κ3) is 3.07. The van der Waals surface area contributed by atoms with Crippen molar-refractivity contribution in [1.29, 1.82) is 0 Å². The molecule has 0 bridgehead atoms. The van der Waals surface area contributed by atoms with Gasteiger partial charge >= 0.3 is 5.97 Å². The van der Waals surface area contributed by atoms with Gasteiger partial charge < -0.3 is 30.3 Å². The molecule has 0 saturated heterocycles. The van der Waals surface area contributed by atoms with E-state index in [1.54, 1.807) is 0 Å². The predicted molar refractivity (Wildman–Crippen MR) is 37.7 cm³/mol. The van der Waals surface area contributed by atoms with Crippen LogP contribution in [-0.4, -0.2) is 62.2 Å². The molecule has 4 atom stereocenters. The first-order chi connectivity index (χ1) is 5.91. The molecule has 0 rings (SSSR count). The number of carboxylic acids is 1. The molecule has 0 heterocycles. The zero-order chi connectivity index (χ0) is 10.6. The number of aliphatic hydroxyl groups is 4. The number of carboxylic acid groups (broad SMARTS) is 1. The van der Waals surface area contributed by atoms with Crippen molar-refractivity contribution in [2.75, 3.05) is 0 Å². The number of aldehydes is 1. The number of aliphatic carboxylic acids is 1. The van der Waals surface area contributed by atoms with Crippen LogP contribution in [0.5, 0.6) is 0 Å². The van der Waals surface area contributed by atoms with Gasteiger partial charge in [0.2, 0.25) is 0 Å². The highest BCUT2D eigenvalue weighted by Gasteiger charge is 2.33. The van der Waals surface area contributed by atoms with Crippen molar-refractivity contribution in [2.24, 2.45) is 0 Å². The van der Waals surface area contributed by atoms with Crippen LogP contribution < -0.4 is 0 Å². The van der Waals surface area contributed by atoms with Gasteiger partial charge in [-0.25, -0.2) is 4.79 Å². The standard InChI is InChI=1S/C6H10O7/c7-1-2(8)3(9)4(10)5(11)6(12)13/h1-5,8-11H,(H,12,13)/t2-,3-,4+,5-/m1/s1. The Balaban J connectivity index is 4.32. The number of carbonyl (C=O) groups is 2. The van der Waals surface area contributed by atoms with Gasteiger partial charge in [0.1, 0.15) is 18.3 Å². The Morgan fingerprint density at radius 3 is 1.85 bits per heavy atom. The van der Waals surface area contributed by atoms with E-state index >= 15 is 0 Å². The molecular formula is C6H10O7. The Labute approximate surface area is 72.9 Å². The molecule has 5 N–H and O–H groups in total. The van der Waals surface area contributed by atoms with Crippen molar-refractivity contribution in [2.45, 2.75) is 24.4 Å². The first kappa shape index (κ1) is 12.0. The van der Waals surface area contributed by atoms with Gasteiger partial charge in [-0.3, -0.25) is 0 Å². The van der Waals surface area contributed by atoms with Crippen molar-refractivity contribution in [3.63, 3.8) is 0 Å². The van der Waals surface area contributed by atoms with Crippen molar-refractivity contribution >= 4 is 12.3 Å². The van der Waals surface area contributed by atoms with Gasteiger partial charge in [-0.05, 0) is 0 Å². The Morgan fingerprint density at radius 1 is 1.08 bits per heavy atom. The van der Waals surface area contributed by atoms with E-state index in [1.807, 2.05) is 0 Å². The fraction of sp³-hybridized carbons (Fsp3) is 0.667. The Kier molecular flexibility index (Phi) is 4.49. The van der Waals surface area contributed by atoms with E-state index in [-0.39, 0.29) is 6.29 Å². The fourth-order valence-electron chi connectivity index (χ4n) is 0.615. The lowest BCUT2D eigenvalue weighted by Crippen LogP contribution is -2.48. The molecule has 0 aromatic rings. The van der Waals surface area contributed by atoms with Gasteiger partial charge in [-0.15, -0.1) is 0 Å². The summed E-state index contributed by atoms with van der Waals surface area (Å²) in [6.45, 7) is 0. The maximum atomic E-state index is 10.1. The predicted octanol–water partition coefficient (Wildman–Crippen LogP) is -3.29. The van der Waals surface area contributed by atoms with Gasteiger partial charge in [0.05, 0.1) is 0 Å². The monoisotopic (exact) mass is 194 g/mol. The van der Waals surface area contributed by atoms with Crippen molar-refractivity contribution in [1.82, 2.24) is 0 Å². The molecule has 0 amide bonds. The molecule has 0 saturated carbocycles. The first-order valence-corrected chi connectivity index (χ1v) is 3.32. The maximum absolute atomic E-state index is 10.1. The summed E-state index contributed by atoms with van der Waals surface area (Å²) in [5.41, 5.74) is 0. The molecule has 0 aromatic heterocycles. The molecule has 13 heavy (non-hydrogen) atoms. The summed E-state index contributed by atoms with van der Waals surface area (Å²) < 4.78 is 0. The van der Waals surface area contributed by atoms with Gasteiger partial charge in [0.15, 0.2) is 12.4 Å². The van der Waals surface area contributed by atoms with Gasteiger partial charge in [0.25, 0.3) is 0 Å². The van der Waals surface area contributed by atoms with Crippen LogP contribution in [0, 0.1) is 0 Å². The molecular weight excluding hydrogens is 184 g/mol. The Hall–Kier alpha value is -1.02. The van der Waals surface area contributed by atoms with Crippen LogP contribution in [0.4, 0.5) is 0 Å². The summed E-state index contributed by atoms with van der Waals surface area (Å²) in [6, 6.07) is 0. The average molecular weight is 194 g/mol. The van der Waals surface area contributed by atoms with E-state index in [0.29, 0.717) is 0 Å². The summed E-state index contributed by atoms with van der Waals surface area (Å²) in [6.07, 6.45) is -8.39. The second-order valence-corrected chi connectivity index (χ2v) is 2.39. The lowest BCUT2D eigenvalue weighted by atomic mass is 10.0. The molecule has 7 nitrogen and oxygen atoms in total. The topological polar surface area (TPSA) is 135 Å². The first-order valence-electron chi connectivity index (χ1n) is 3.32. The van der Waals surface area contributed by atoms with Crippen LogP contribution in [0.25, 0.3) is 0 Å². The summed E-state index contributed by atoms with van der Waals surface area (Å²) in [5, 5.41) is 43.2. The molecule has 0 aliphatic carbocycles. The van der Waals surface area contributed by atoms with Gasteiger partial charge in [0, 0.05) is 0 Å². The van der Waals surface area contributed by atoms with E-state index in [1.165, 1.54) is 0 Å². The largest absolute Gasteiger partial charge is 0.479 e. The molecule has 0 spiro atoms. The lowest BCUT2D eigenvalue weighted by Gasteiger charge is -2.21. The zero-order valence-electron chi connectivity index (χ0n) is 6.44. The average Bonchev–Trinajstić information content (AvgIpc) is 2.12. The second kappa shape index (κ2) is 4.87. The zero-order valence-corrected chi connectivity index (χ0v) is 6.44. The SMILES string of the molecule is O=C[C@@H](O)[C@@H](O)[C@H](O)[C@@H](O)C(=O)O. The van der Waals surface area contributed by atoms with E-state index < -0.39 is 30.4 Å². The van der Waals surface area contributed by atoms with Crippen LogP contribution in [0.2, 0.25) is 0 Å². The molecule has 0 fully saturated rings. The number of carbonyl (C=O) groups excluding carboxylic acids is 1. The fourth-order valence-corrected chi connectivity index (χ4v) is 0.615. The number of hydrogen-bond acceptors (Lipinski definition) is 6. The van der Waals surface area contributed by atoms with E-state index in [0.717, 1.165) is 0 Å². The maximum Gasteiger partial charge on any atom is 0.335 e. The highest BCUT2D eigenvalue weighted by Crippen LogP contribution is 2.03. The normalized spacial score (nSPS) is 20.0. The smallest absolute Gasteiger partial charge is 0.335 e. The molecule has 7 heteroatoms. The van der Waals surface area contributed by atoms with Crippen LogP contribution in [-0.2, 0) is 9.59 Å². The Morgan fingerprint density at radius 2 is 1.54 bits per heavy atom. The minimum Gasteiger partial charge on any atom is -0.479 e. The van der Waals surface area contributed by atoms with E-state index in [4.69, 9.17) is 25.5 Å². The summed E-state index contributed by atoms with van der Waals surface area (Å²) in [4.78, 5) is 20.0. The second-order valence-electron chi connectivity index (χ2n) is 2.39. The van der Waals surface area contributed by atoms with Crippen LogP contribution >= 0.6 is 0 Å². The molecule has 0 aliphatic rings. The highest BCUT2D eigenvalue weighted by atomic mass is 16.4. The number of rotatable bonds is 5. The minimum atomic E-state index is -2.25. The third-order valence-electron chi connectivity index (χ3n) is 1.42. The quantitative estimate of drug-likeness (QED) is 0.289. The summed E-state index contributed by atoms with van der Waals surface area (Å²) in [5.74, 6) is -1.76. The van der Waals surface area contributed by atoms with Crippen LogP contribution in [0.3, 0.4) is 0 Å². The molecule has 0 unspecified atom stereocenters. The molecule has 0 radical (unpaired) electrons. The highest BCUT2D eigenvalue weighted by molar-refractivity contribution is 5.73. The van der Waals surface area contributed by atoms with Crippen molar-refractivity contribution < 1.29 is 35.1 Å². The third-order valence-corrected chi connectivity index (χ3v) is 1.42. The van der Waals surface area contributed by atoms with E-state index in [2.05, 4.69) is 0 Å². The minimum absolute atomic E-state index is 0.0809. The van der Waals surface area contributed by atoms with E-state index in [9.17, 15) is 9.59 Å².